The Morgan fingerprint density at radius 1 is 1.25 bits per heavy atom. The molecule has 0 heterocycles. The van der Waals surface area contributed by atoms with Crippen LogP contribution in [0.4, 0.5) is 0 Å². The molecule has 0 saturated heterocycles. The predicted molar refractivity (Wildman–Crippen MR) is 98.5 cm³/mol. The minimum Gasteiger partial charge on any atom is -0.294 e. The van der Waals surface area contributed by atoms with Gasteiger partial charge in [-0.25, -0.2) is 0 Å². The Kier molecular flexibility index (Phi) is 3.04. The summed E-state index contributed by atoms with van der Waals surface area (Å²) in [5.74, 6) is 1.02. The van der Waals surface area contributed by atoms with Gasteiger partial charge in [0.1, 0.15) is 0 Å². The Bertz CT molecular complexity index is 888. The average molecular weight is 316 g/mol. The highest BCUT2D eigenvalue weighted by molar-refractivity contribution is 6.07. The number of fused-ring (bicyclic) bond motifs is 5. The second-order valence-electron chi connectivity index (χ2n) is 8.06. The highest BCUT2D eigenvalue weighted by atomic mass is 16.1. The second kappa shape index (κ2) is 5.05. The first-order chi connectivity index (χ1) is 11.7. The minimum absolute atomic E-state index is 0.0637. The minimum atomic E-state index is -0.0637. The van der Waals surface area contributed by atoms with E-state index in [9.17, 15) is 4.79 Å². The summed E-state index contributed by atoms with van der Waals surface area (Å²) < 4.78 is 0. The molecule has 2 unspecified atom stereocenters. The van der Waals surface area contributed by atoms with Crippen LogP contribution in [0.2, 0.25) is 0 Å². The zero-order valence-electron chi connectivity index (χ0n) is 14.4. The van der Waals surface area contributed by atoms with E-state index in [-0.39, 0.29) is 5.41 Å². The van der Waals surface area contributed by atoms with E-state index in [1.807, 2.05) is 0 Å². The van der Waals surface area contributed by atoms with Crippen LogP contribution in [0.25, 0.3) is 10.8 Å². The van der Waals surface area contributed by atoms with Crippen LogP contribution in [0.5, 0.6) is 0 Å². The standard InChI is InChI=1S/C23H24O/c1-2-4-16-5-3-6-17-13-21-18(12-20(16)17)9-10-23(22(21)24)14-15-7-8-19(23)11-15/h3,5-7,12-13,19H,2,4,8-11,14H2,1H3. The fourth-order valence-electron chi connectivity index (χ4n) is 5.55. The zero-order chi connectivity index (χ0) is 16.3. The summed E-state index contributed by atoms with van der Waals surface area (Å²) in [4.78, 5) is 13.5. The van der Waals surface area contributed by atoms with E-state index in [1.54, 1.807) is 5.57 Å². The Balaban J connectivity index is 1.64. The molecule has 3 aliphatic carbocycles. The van der Waals surface area contributed by atoms with Gasteiger partial charge in [-0.2, -0.15) is 0 Å². The molecule has 1 fully saturated rings. The van der Waals surface area contributed by atoms with Gasteiger partial charge in [0.15, 0.2) is 5.78 Å². The van der Waals surface area contributed by atoms with Crippen LogP contribution in [0.15, 0.2) is 42.0 Å². The molecule has 24 heavy (non-hydrogen) atoms. The molecule has 0 amide bonds. The normalized spacial score (nSPS) is 27.8. The van der Waals surface area contributed by atoms with E-state index >= 15 is 0 Å². The Morgan fingerprint density at radius 3 is 2.92 bits per heavy atom. The quantitative estimate of drug-likeness (QED) is 0.654. The van der Waals surface area contributed by atoms with Crippen LogP contribution in [0, 0.1) is 11.3 Å². The third-order valence-electron chi connectivity index (χ3n) is 6.77. The van der Waals surface area contributed by atoms with E-state index in [0.29, 0.717) is 11.7 Å². The smallest absolute Gasteiger partial charge is 0.169 e. The third kappa shape index (κ3) is 1.84. The SMILES string of the molecule is CCCc1cccc2cc3c(cc12)CCC1(CC2=CCC1C2)C3=O. The summed E-state index contributed by atoms with van der Waals surface area (Å²) in [6.45, 7) is 2.23. The molecule has 0 radical (unpaired) electrons. The van der Waals surface area contributed by atoms with Gasteiger partial charge < -0.3 is 0 Å². The molecule has 2 aromatic carbocycles. The van der Waals surface area contributed by atoms with Crippen molar-refractivity contribution in [3.8, 4) is 0 Å². The summed E-state index contributed by atoms with van der Waals surface area (Å²) in [5, 5.41) is 2.60. The van der Waals surface area contributed by atoms with E-state index in [0.717, 1.165) is 44.1 Å². The number of Topliss-reactive ketones (excluding diaryl/α,β-unsaturated/α-hetero) is 1. The topological polar surface area (TPSA) is 17.1 Å². The Hall–Kier alpha value is -1.89. The summed E-state index contributed by atoms with van der Waals surface area (Å²) in [5.41, 5.74) is 5.22. The number of hydrogen-bond donors (Lipinski definition) is 0. The Labute approximate surface area is 143 Å². The lowest BCUT2D eigenvalue weighted by atomic mass is 9.63. The maximum atomic E-state index is 13.5. The molecule has 1 saturated carbocycles. The lowest BCUT2D eigenvalue weighted by Crippen LogP contribution is -2.39. The average Bonchev–Trinajstić information content (AvgIpc) is 3.20. The van der Waals surface area contributed by atoms with Crippen LogP contribution in [-0.4, -0.2) is 5.78 Å². The van der Waals surface area contributed by atoms with Crippen LogP contribution >= 0.6 is 0 Å². The number of carbonyl (C=O) groups excluding carboxylic acids is 1. The monoisotopic (exact) mass is 316 g/mol. The van der Waals surface area contributed by atoms with Gasteiger partial charge in [0.05, 0.1) is 0 Å². The molecule has 5 rings (SSSR count). The molecule has 3 aliphatic rings. The van der Waals surface area contributed by atoms with E-state index in [2.05, 4.69) is 43.3 Å². The third-order valence-corrected chi connectivity index (χ3v) is 6.77. The summed E-state index contributed by atoms with van der Waals surface area (Å²) in [7, 11) is 0. The van der Waals surface area contributed by atoms with Gasteiger partial charge in [-0.15, -0.1) is 0 Å². The molecule has 2 atom stereocenters. The molecule has 0 aromatic heterocycles. The largest absolute Gasteiger partial charge is 0.294 e. The Morgan fingerprint density at radius 2 is 2.17 bits per heavy atom. The zero-order valence-corrected chi connectivity index (χ0v) is 14.4. The first-order valence-electron chi connectivity index (χ1n) is 9.48. The number of rotatable bonds is 2. The maximum absolute atomic E-state index is 13.5. The summed E-state index contributed by atoms with van der Waals surface area (Å²) in [6, 6.07) is 11.1. The van der Waals surface area contributed by atoms with Crippen LogP contribution in [0.3, 0.4) is 0 Å². The van der Waals surface area contributed by atoms with Gasteiger partial charge >= 0.3 is 0 Å². The molecule has 1 spiro atoms. The molecule has 0 N–H and O–H groups in total. The van der Waals surface area contributed by atoms with Gasteiger partial charge in [-0.3, -0.25) is 4.79 Å². The first-order valence-corrected chi connectivity index (χ1v) is 9.48. The van der Waals surface area contributed by atoms with Crippen molar-refractivity contribution in [1.82, 2.24) is 0 Å². The van der Waals surface area contributed by atoms with E-state index < -0.39 is 0 Å². The molecule has 2 aromatic rings. The van der Waals surface area contributed by atoms with Crippen LogP contribution < -0.4 is 0 Å². The van der Waals surface area contributed by atoms with Crippen molar-refractivity contribution >= 4 is 16.6 Å². The van der Waals surface area contributed by atoms with Gasteiger partial charge in [-0.05, 0) is 72.4 Å². The second-order valence-corrected chi connectivity index (χ2v) is 8.06. The van der Waals surface area contributed by atoms with Crippen molar-refractivity contribution in [3.63, 3.8) is 0 Å². The predicted octanol–water partition coefficient (Wildman–Crippen LogP) is 5.65. The fraction of sp³-hybridized carbons (Fsp3) is 0.435. The maximum Gasteiger partial charge on any atom is 0.169 e. The first kappa shape index (κ1) is 14.5. The van der Waals surface area contributed by atoms with Crippen molar-refractivity contribution in [3.05, 3.63) is 58.7 Å². The van der Waals surface area contributed by atoms with Crippen LogP contribution in [-0.2, 0) is 12.8 Å². The van der Waals surface area contributed by atoms with Gasteiger partial charge in [0.25, 0.3) is 0 Å². The number of carbonyl (C=O) groups is 1. The van der Waals surface area contributed by atoms with Crippen molar-refractivity contribution in [2.45, 2.75) is 51.9 Å². The van der Waals surface area contributed by atoms with E-state index in [4.69, 9.17) is 0 Å². The van der Waals surface area contributed by atoms with Crippen molar-refractivity contribution in [2.24, 2.45) is 11.3 Å². The highest BCUT2D eigenvalue weighted by Gasteiger charge is 2.53. The van der Waals surface area contributed by atoms with Crippen LogP contribution in [0.1, 0.15) is 60.5 Å². The lowest BCUT2D eigenvalue weighted by Gasteiger charge is -2.39. The van der Waals surface area contributed by atoms with Gasteiger partial charge in [0.2, 0.25) is 0 Å². The summed E-state index contributed by atoms with van der Waals surface area (Å²) >= 11 is 0. The van der Waals surface area contributed by atoms with Gasteiger partial charge in [-0.1, -0.05) is 49.3 Å². The molecule has 0 aliphatic heterocycles. The highest BCUT2D eigenvalue weighted by Crippen LogP contribution is 2.58. The van der Waals surface area contributed by atoms with Crippen molar-refractivity contribution in [1.29, 1.82) is 0 Å². The molecule has 1 heteroatoms. The van der Waals surface area contributed by atoms with Crippen molar-refractivity contribution in [2.75, 3.05) is 0 Å². The molecule has 1 nitrogen and oxygen atoms in total. The van der Waals surface area contributed by atoms with Gasteiger partial charge in [0, 0.05) is 11.0 Å². The number of hydrogen-bond acceptors (Lipinski definition) is 1. The fourth-order valence-corrected chi connectivity index (χ4v) is 5.55. The lowest BCUT2D eigenvalue weighted by molar-refractivity contribution is 0.0671. The molecule has 122 valence electrons. The molecular weight excluding hydrogens is 292 g/mol. The van der Waals surface area contributed by atoms with E-state index in [1.165, 1.54) is 28.3 Å². The molecule has 2 bridgehead atoms. The molecular formula is C23H24O. The summed E-state index contributed by atoms with van der Waals surface area (Å²) in [6.07, 6.45) is 10.1. The number of ketones is 1. The number of allylic oxidation sites excluding steroid dienone is 2. The van der Waals surface area contributed by atoms with Crippen molar-refractivity contribution < 1.29 is 4.79 Å². The number of aryl methyl sites for hydroxylation is 2. The number of benzene rings is 2.